The molecular formula is C14H23NO3. The monoisotopic (exact) mass is 253 g/mol. The van der Waals surface area contributed by atoms with Crippen molar-refractivity contribution < 1.29 is 14.6 Å². The van der Waals surface area contributed by atoms with Gasteiger partial charge in [0.25, 0.3) is 0 Å². The second kappa shape index (κ2) is 4.49. The molecular weight excluding hydrogens is 230 g/mol. The Morgan fingerprint density at radius 2 is 2.06 bits per heavy atom. The summed E-state index contributed by atoms with van der Waals surface area (Å²) >= 11 is 0. The lowest BCUT2D eigenvalue weighted by molar-refractivity contribution is -0.124. The first-order valence-electron chi connectivity index (χ1n) is 7.23. The van der Waals surface area contributed by atoms with Gasteiger partial charge >= 0.3 is 0 Å². The van der Waals surface area contributed by atoms with E-state index in [1.54, 1.807) is 0 Å². The molecule has 3 fully saturated rings. The molecule has 102 valence electrons. The Labute approximate surface area is 108 Å². The Bertz CT molecular complexity index is 334. The van der Waals surface area contributed by atoms with Gasteiger partial charge in [0.2, 0.25) is 5.91 Å². The minimum Gasteiger partial charge on any atom is -0.385 e. The molecule has 0 bridgehead atoms. The predicted octanol–water partition coefficient (Wildman–Crippen LogP) is 1.08. The van der Waals surface area contributed by atoms with Gasteiger partial charge in [-0.1, -0.05) is 12.8 Å². The van der Waals surface area contributed by atoms with Gasteiger partial charge in [0, 0.05) is 25.5 Å². The zero-order valence-electron chi connectivity index (χ0n) is 11.0. The lowest BCUT2D eigenvalue weighted by Gasteiger charge is -2.26. The summed E-state index contributed by atoms with van der Waals surface area (Å²) in [6, 6.07) is 0. The molecule has 2 N–H and O–H groups in total. The number of rotatable bonds is 3. The number of nitrogens with one attached hydrogen (secondary N) is 1. The largest absolute Gasteiger partial charge is 0.385 e. The summed E-state index contributed by atoms with van der Waals surface area (Å²) in [6.45, 7) is 2.79. The van der Waals surface area contributed by atoms with Crippen molar-refractivity contribution in [3.63, 3.8) is 0 Å². The topological polar surface area (TPSA) is 58.6 Å². The van der Waals surface area contributed by atoms with Crippen molar-refractivity contribution in [1.82, 2.24) is 5.32 Å². The lowest BCUT2D eigenvalue weighted by Crippen LogP contribution is -2.48. The van der Waals surface area contributed by atoms with Crippen molar-refractivity contribution in [3.05, 3.63) is 0 Å². The number of carbonyl (C=O) groups excluding carboxylic acids is 1. The molecule has 1 amide bonds. The van der Waals surface area contributed by atoms with Gasteiger partial charge in [0.1, 0.15) is 5.60 Å². The van der Waals surface area contributed by atoms with Crippen molar-refractivity contribution in [2.24, 2.45) is 17.8 Å². The molecule has 3 aliphatic rings. The van der Waals surface area contributed by atoms with Crippen LogP contribution in [-0.2, 0) is 9.53 Å². The average molecular weight is 253 g/mol. The fourth-order valence-corrected chi connectivity index (χ4v) is 3.74. The summed E-state index contributed by atoms with van der Waals surface area (Å²) in [5.41, 5.74) is -0.865. The summed E-state index contributed by atoms with van der Waals surface area (Å²) in [6.07, 6.45) is 5.42. The molecule has 1 heterocycles. The molecule has 4 unspecified atom stereocenters. The number of fused-ring (bicyclic) bond motifs is 1. The first-order valence-corrected chi connectivity index (χ1v) is 7.23. The van der Waals surface area contributed by atoms with Crippen LogP contribution in [0.1, 0.15) is 39.0 Å². The van der Waals surface area contributed by atoms with E-state index in [0.29, 0.717) is 31.4 Å². The second-order valence-corrected chi connectivity index (χ2v) is 6.22. The van der Waals surface area contributed by atoms with E-state index < -0.39 is 5.60 Å². The molecule has 0 aromatic carbocycles. The van der Waals surface area contributed by atoms with Crippen LogP contribution in [0.3, 0.4) is 0 Å². The Kier molecular flexibility index (Phi) is 3.10. The molecule has 0 spiro atoms. The summed E-state index contributed by atoms with van der Waals surface area (Å²) in [4.78, 5) is 12.1. The number of amides is 1. The van der Waals surface area contributed by atoms with Gasteiger partial charge < -0.3 is 15.2 Å². The fourth-order valence-electron chi connectivity index (χ4n) is 3.74. The average Bonchev–Trinajstić information content (AvgIpc) is 3.01. The number of carbonyl (C=O) groups is 1. The molecule has 1 aliphatic heterocycles. The van der Waals surface area contributed by atoms with Crippen LogP contribution < -0.4 is 5.32 Å². The van der Waals surface area contributed by atoms with Crippen LogP contribution in [0, 0.1) is 17.8 Å². The van der Waals surface area contributed by atoms with E-state index in [2.05, 4.69) is 5.32 Å². The molecule has 4 nitrogen and oxygen atoms in total. The van der Waals surface area contributed by atoms with Gasteiger partial charge in [0.15, 0.2) is 0 Å². The van der Waals surface area contributed by atoms with Crippen LogP contribution in [-0.4, -0.2) is 35.9 Å². The zero-order valence-corrected chi connectivity index (χ0v) is 11.0. The van der Waals surface area contributed by atoms with Gasteiger partial charge in [-0.05, 0) is 31.6 Å². The third-order valence-electron chi connectivity index (χ3n) is 5.19. The van der Waals surface area contributed by atoms with Gasteiger partial charge in [-0.3, -0.25) is 4.79 Å². The summed E-state index contributed by atoms with van der Waals surface area (Å²) in [7, 11) is 0. The number of hydrogen-bond donors (Lipinski definition) is 2. The molecule has 2 aliphatic carbocycles. The van der Waals surface area contributed by atoms with Crippen LogP contribution >= 0.6 is 0 Å². The molecule has 18 heavy (non-hydrogen) atoms. The Hall–Kier alpha value is -0.610. The maximum Gasteiger partial charge on any atom is 0.223 e. The summed E-state index contributed by atoms with van der Waals surface area (Å²) in [5.74, 6) is 1.64. The van der Waals surface area contributed by atoms with Gasteiger partial charge in [-0.25, -0.2) is 0 Å². The van der Waals surface area contributed by atoms with E-state index in [1.165, 1.54) is 25.7 Å². The van der Waals surface area contributed by atoms with Crippen molar-refractivity contribution in [1.29, 1.82) is 0 Å². The van der Waals surface area contributed by atoms with Gasteiger partial charge in [-0.15, -0.1) is 0 Å². The normalized spacial score (nSPS) is 46.6. The molecule has 2 saturated carbocycles. The third-order valence-corrected chi connectivity index (χ3v) is 5.19. The smallest absolute Gasteiger partial charge is 0.223 e. The van der Waals surface area contributed by atoms with E-state index in [9.17, 15) is 9.90 Å². The number of aliphatic hydroxyl groups is 1. The highest BCUT2D eigenvalue weighted by atomic mass is 16.5. The van der Waals surface area contributed by atoms with Crippen LogP contribution in [0.25, 0.3) is 0 Å². The van der Waals surface area contributed by atoms with Gasteiger partial charge in [-0.2, -0.15) is 0 Å². The summed E-state index contributed by atoms with van der Waals surface area (Å²) in [5, 5.41) is 13.3. The summed E-state index contributed by atoms with van der Waals surface area (Å²) < 4.78 is 5.37. The number of hydrogen-bond acceptors (Lipinski definition) is 3. The standard InChI is InChI=1S/C14H23NO3/c1-9-14(17,6-7-18-9)8-15-13(16)12-10-4-2-3-5-11(10)12/h9-12,17H,2-8H2,1H3,(H,15,16). The molecule has 0 radical (unpaired) electrons. The highest BCUT2D eigenvalue weighted by molar-refractivity contribution is 5.82. The van der Waals surface area contributed by atoms with Crippen LogP contribution in [0.5, 0.6) is 0 Å². The second-order valence-electron chi connectivity index (χ2n) is 6.22. The maximum atomic E-state index is 12.1. The van der Waals surface area contributed by atoms with Crippen LogP contribution in [0.2, 0.25) is 0 Å². The minimum absolute atomic E-state index is 0.152. The Morgan fingerprint density at radius 3 is 2.61 bits per heavy atom. The van der Waals surface area contributed by atoms with Crippen LogP contribution in [0.15, 0.2) is 0 Å². The first-order chi connectivity index (χ1) is 8.62. The quantitative estimate of drug-likeness (QED) is 0.791. The molecule has 0 aromatic heterocycles. The van der Waals surface area contributed by atoms with Gasteiger partial charge in [0.05, 0.1) is 6.10 Å². The van der Waals surface area contributed by atoms with E-state index in [4.69, 9.17) is 4.74 Å². The number of ether oxygens (including phenoxy) is 1. The van der Waals surface area contributed by atoms with E-state index >= 15 is 0 Å². The Morgan fingerprint density at radius 1 is 1.39 bits per heavy atom. The van der Waals surface area contributed by atoms with Crippen molar-refractivity contribution in [2.45, 2.75) is 50.7 Å². The third kappa shape index (κ3) is 2.05. The van der Waals surface area contributed by atoms with Crippen molar-refractivity contribution in [2.75, 3.05) is 13.2 Å². The van der Waals surface area contributed by atoms with Crippen LogP contribution in [0.4, 0.5) is 0 Å². The van der Waals surface area contributed by atoms with Crippen molar-refractivity contribution >= 4 is 5.91 Å². The molecule has 4 heteroatoms. The van der Waals surface area contributed by atoms with E-state index in [0.717, 1.165) is 0 Å². The predicted molar refractivity (Wildman–Crippen MR) is 66.9 cm³/mol. The molecule has 1 saturated heterocycles. The fraction of sp³-hybridized carbons (Fsp3) is 0.929. The molecule has 4 atom stereocenters. The minimum atomic E-state index is -0.865. The van der Waals surface area contributed by atoms with Crippen molar-refractivity contribution in [3.8, 4) is 0 Å². The highest BCUT2D eigenvalue weighted by Gasteiger charge is 2.55. The van der Waals surface area contributed by atoms with E-state index in [1.807, 2.05) is 6.92 Å². The lowest BCUT2D eigenvalue weighted by atomic mass is 9.96. The first kappa shape index (κ1) is 12.4. The molecule has 0 aromatic rings. The SMILES string of the molecule is CC1OCCC1(O)CNC(=O)C1C2CCCCC21. The Balaban J connectivity index is 1.50. The zero-order chi connectivity index (χ0) is 12.8. The maximum absolute atomic E-state index is 12.1. The van der Waals surface area contributed by atoms with E-state index in [-0.39, 0.29) is 17.9 Å². The highest BCUT2D eigenvalue weighted by Crippen LogP contribution is 2.55. The molecule has 3 rings (SSSR count).